The molecule has 0 saturated carbocycles. The highest BCUT2D eigenvalue weighted by atomic mass is 16.5. The van der Waals surface area contributed by atoms with E-state index in [1.807, 2.05) is 6.07 Å². The number of aromatic amines is 1. The summed E-state index contributed by atoms with van der Waals surface area (Å²) in [7, 11) is 1.28. The minimum atomic E-state index is -0.694. The molecule has 12 nitrogen and oxygen atoms in total. The van der Waals surface area contributed by atoms with Crippen molar-refractivity contribution in [2.24, 2.45) is 0 Å². The number of alkyl carbamates (subject to hydrolysis) is 1. The normalized spacial score (nSPS) is 16.9. The fraction of sp³-hybridized carbons (Fsp3) is 0.306. The minimum absolute atomic E-state index is 0.161. The van der Waals surface area contributed by atoms with Crippen molar-refractivity contribution in [1.29, 1.82) is 0 Å². The highest BCUT2D eigenvalue weighted by Gasteiger charge is 2.34. The Labute approximate surface area is 278 Å². The number of nitrogens with one attached hydrogen (secondary N) is 3. The third kappa shape index (κ3) is 6.52. The van der Waals surface area contributed by atoms with Gasteiger partial charge in [-0.05, 0) is 72.9 Å². The first-order chi connectivity index (χ1) is 23.5. The predicted molar refractivity (Wildman–Crippen MR) is 184 cm³/mol. The van der Waals surface area contributed by atoms with E-state index in [1.165, 1.54) is 12.8 Å². The number of amides is 2. The Hall–Kier alpha value is -5.49. The summed E-state index contributed by atoms with van der Waals surface area (Å²) in [5, 5.41) is 6.98. The van der Waals surface area contributed by atoms with Crippen LogP contribution in [0.1, 0.15) is 31.6 Å². The van der Waals surface area contributed by atoms with Gasteiger partial charge in [-0.3, -0.25) is 4.79 Å². The number of aromatic nitrogens is 4. The molecule has 2 saturated heterocycles. The van der Waals surface area contributed by atoms with Crippen LogP contribution in [0.3, 0.4) is 0 Å². The summed E-state index contributed by atoms with van der Waals surface area (Å²) in [6.45, 7) is 5.57. The molecule has 246 valence electrons. The number of fused-ring (bicyclic) bond motifs is 1. The lowest BCUT2D eigenvalue weighted by Crippen LogP contribution is -2.46. The number of carbonyl (C=O) groups excluding carboxylic acids is 2. The van der Waals surface area contributed by atoms with Gasteiger partial charge < -0.3 is 34.9 Å². The zero-order valence-corrected chi connectivity index (χ0v) is 27.0. The Kier molecular flexibility index (Phi) is 8.89. The third-order valence-electron chi connectivity index (χ3n) is 9.01. The third-order valence-corrected chi connectivity index (χ3v) is 9.01. The molecule has 0 bridgehead atoms. The number of morpholine rings is 1. The van der Waals surface area contributed by atoms with Crippen molar-refractivity contribution in [3.05, 3.63) is 85.1 Å². The average molecular weight is 647 g/mol. The molecule has 2 amide bonds. The highest BCUT2D eigenvalue weighted by Crippen LogP contribution is 2.34. The van der Waals surface area contributed by atoms with E-state index < -0.39 is 12.1 Å². The van der Waals surface area contributed by atoms with Gasteiger partial charge in [0.1, 0.15) is 24.0 Å². The predicted octanol–water partition coefficient (Wildman–Crippen LogP) is 5.68. The van der Waals surface area contributed by atoms with Crippen LogP contribution in [0.2, 0.25) is 0 Å². The molecule has 3 N–H and O–H groups in total. The second-order valence-corrected chi connectivity index (χ2v) is 12.0. The lowest BCUT2D eigenvalue weighted by Gasteiger charge is -2.28. The Morgan fingerprint density at radius 1 is 0.938 bits per heavy atom. The van der Waals surface area contributed by atoms with E-state index in [0.717, 1.165) is 89.8 Å². The maximum atomic E-state index is 13.1. The number of hydrogen-bond acceptors (Lipinski definition) is 9. The van der Waals surface area contributed by atoms with E-state index in [-0.39, 0.29) is 11.9 Å². The van der Waals surface area contributed by atoms with Gasteiger partial charge in [0.05, 0.1) is 43.8 Å². The molecule has 0 spiro atoms. The van der Waals surface area contributed by atoms with E-state index in [1.54, 1.807) is 24.3 Å². The average Bonchev–Trinajstić information content (AvgIpc) is 3.83. The van der Waals surface area contributed by atoms with Crippen LogP contribution < -0.4 is 15.5 Å². The number of ether oxygens (including phenoxy) is 2. The lowest BCUT2D eigenvalue weighted by molar-refractivity contribution is -0.134. The quantitative estimate of drug-likeness (QED) is 0.195. The molecule has 4 heterocycles. The van der Waals surface area contributed by atoms with Crippen molar-refractivity contribution in [3.63, 3.8) is 0 Å². The summed E-state index contributed by atoms with van der Waals surface area (Å²) in [6.07, 6.45) is 4.42. The summed E-state index contributed by atoms with van der Waals surface area (Å²) < 4.78 is 10.1. The molecule has 2 aliphatic heterocycles. The number of nitrogens with zero attached hydrogens (tertiary/aromatic N) is 5. The summed E-state index contributed by atoms with van der Waals surface area (Å²) in [5.74, 6) is 1.32. The summed E-state index contributed by atoms with van der Waals surface area (Å²) in [6, 6.07) is 22.0. The largest absolute Gasteiger partial charge is 0.453 e. The maximum absolute atomic E-state index is 13.1. The van der Waals surface area contributed by atoms with E-state index in [2.05, 4.69) is 101 Å². The van der Waals surface area contributed by atoms with E-state index >= 15 is 0 Å². The van der Waals surface area contributed by atoms with Gasteiger partial charge in [0, 0.05) is 36.4 Å². The maximum Gasteiger partial charge on any atom is 0.407 e. The lowest BCUT2D eigenvalue weighted by atomic mass is 10.0. The van der Waals surface area contributed by atoms with Crippen molar-refractivity contribution in [2.75, 3.05) is 50.2 Å². The summed E-state index contributed by atoms with van der Waals surface area (Å²) in [4.78, 5) is 46.0. The molecular formula is C36H38N8O4. The monoisotopic (exact) mass is 646 g/mol. The van der Waals surface area contributed by atoms with Gasteiger partial charge in [-0.15, -0.1) is 0 Å². The first-order valence-electron chi connectivity index (χ1n) is 16.2. The molecule has 0 aliphatic carbocycles. The molecule has 1 unspecified atom stereocenters. The standard InChI is InChI=1S/C36H38N8O4/c1-23(40-36(46)47-2)35(45)44-15-3-4-32(44)34-37-21-31(42-34)25-7-5-24(6-8-25)26-9-14-30-29(20-26)33(39-22-38-30)41-27-10-12-28(13-11-27)43-16-18-48-19-17-43/h5-14,20-23,32H,3-4,15-19H2,1-2H3,(H,37,42)(H,40,46)(H,38,39,41)/t23?,32-/m0/s1. The number of likely N-dealkylation sites (tertiary alicyclic amines) is 1. The Balaban J connectivity index is 1.06. The van der Waals surface area contributed by atoms with Gasteiger partial charge in [0.25, 0.3) is 0 Å². The second kappa shape index (κ2) is 13.7. The van der Waals surface area contributed by atoms with Gasteiger partial charge in [-0.1, -0.05) is 30.3 Å². The number of methoxy groups -OCH3 is 1. The first kappa shape index (κ1) is 31.1. The molecule has 5 aromatic rings. The van der Waals surface area contributed by atoms with Crippen LogP contribution in [0.15, 0.2) is 79.3 Å². The molecule has 2 aromatic heterocycles. The van der Waals surface area contributed by atoms with Crippen molar-refractivity contribution < 1.29 is 19.1 Å². The minimum Gasteiger partial charge on any atom is -0.453 e. The number of benzene rings is 3. The van der Waals surface area contributed by atoms with E-state index in [9.17, 15) is 9.59 Å². The van der Waals surface area contributed by atoms with Crippen molar-refractivity contribution >= 4 is 40.1 Å². The summed E-state index contributed by atoms with van der Waals surface area (Å²) >= 11 is 0. The number of imidazole rings is 1. The van der Waals surface area contributed by atoms with Crippen LogP contribution in [0.4, 0.5) is 22.0 Å². The molecule has 2 aliphatic rings. The van der Waals surface area contributed by atoms with Crippen LogP contribution in [-0.2, 0) is 14.3 Å². The SMILES string of the molecule is COC(=O)NC(C)C(=O)N1CCC[C@H]1c1ncc(-c2ccc(-c3ccc4ncnc(Nc5ccc(N6CCOCC6)cc5)c4c3)cc2)[nH]1. The smallest absolute Gasteiger partial charge is 0.407 e. The first-order valence-corrected chi connectivity index (χ1v) is 16.2. The molecular weight excluding hydrogens is 608 g/mol. The van der Waals surface area contributed by atoms with Gasteiger partial charge in [-0.2, -0.15) is 0 Å². The number of hydrogen-bond donors (Lipinski definition) is 3. The molecule has 3 aromatic carbocycles. The van der Waals surface area contributed by atoms with Crippen LogP contribution in [0, 0.1) is 0 Å². The van der Waals surface area contributed by atoms with Gasteiger partial charge in [0.2, 0.25) is 5.91 Å². The molecule has 2 fully saturated rings. The second-order valence-electron chi connectivity index (χ2n) is 12.0. The van der Waals surface area contributed by atoms with Gasteiger partial charge >= 0.3 is 6.09 Å². The van der Waals surface area contributed by atoms with Crippen LogP contribution in [-0.4, -0.2) is 82.8 Å². The van der Waals surface area contributed by atoms with Crippen molar-refractivity contribution in [3.8, 4) is 22.4 Å². The highest BCUT2D eigenvalue weighted by molar-refractivity contribution is 5.94. The van der Waals surface area contributed by atoms with Crippen LogP contribution in [0.25, 0.3) is 33.3 Å². The van der Waals surface area contributed by atoms with E-state index in [4.69, 9.17) is 4.74 Å². The number of carbonyl (C=O) groups is 2. The topological polar surface area (TPSA) is 138 Å². The number of anilines is 3. The van der Waals surface area contributed by atoms with Crippen molar-refractivity contribution in [2.45, 2.75) is 31.8 Å². The molecule has 0 radical (unpaired) electrons. The number of rotatable bonds is 8. The van der Waals surface area contributed by atoms with Crippen LogP contribution >= 0.6 is 0 Å². The zero-order chi connectivity index (χ0) is 33.0. The Morgan fingerprint density at radius 3 is 2.46 bits per heavy atom. The molecule has 7 rings (SSSR count). The van der Waals surface area contributed by atoms with Crippen LogP contribution in [0.5, 0.6) is 0 Å². The molecule has 2 atom stereocenters. The van der Waals surface area contributed by atoms with Gasteiger partial charge in [-0.25, -0.2) is 19.7 Å². The Morgan fingerprint density at radius 2 is 1.69 bits per heavy atom. The molecule has 48 heavy (non-hydrogen) atoms. The van der Waals surface area contributed by atoms with E-state index in [0.29, 0.717) is 6.54 Å². The fourth-order valence-corrected chi connectivity index (χ4v) is 6.41. The fourth-order valence-electron chi connectivity index (χ4n) is 6.41. The van der Waals surface area contributed by atoms with Crippen molar-refractivity contribution in [1.82, 2.24) is 30.2 Å². The number of H-pyrrole nitrogens is 1. The summed E-state index contributed by atoms with van der Waals surface area (Å²) in [5.41, 5.74) is 6.97. The molecule has 12 heteroatoms. The Bertz CT molecular complexity index is 1900. The van der Waals surface area contributed by atoms with Gasteiger partial charge in [0.15, 0.2) is 0 Å². The zero-order valence-electron chi connectivity index (χ0n) is 27.0.